The third-order valence-electron chi connectivity index (χ3n) is 3.00. The van der Waals surface area contributed by atoms with Gasteiger partial charge >= 0.3 is 0 Å². The Morgan fingerprint density at radius 2 is 1.76 bits per heavy atom. The second-order valence-electron chi connectivity index (χ2n) is 4.33. The van der Waals surface area contributed by atoms with Crippen LogP contribution in [-0.4, -0.2) is 12.8 Å². The van der Waals surface area contributed by atoms with E-state index in [2.05, 4.69) is 5.97 Å². The summed E-state index contributed by atoms with van der Waals surface area (Å²) >= 11 is 0. The molecule has 2 nitrogen and oxygen atoms in total. The summed E-state index contributed by atoms with van der Waals surface area (Å²) in [6, 6.07) is 3.18. The Morgan fingerprint density at radius 3 is 2.29 bits per heavy atom. The summed E-state index contributed by atoms with van der Waals surface area (Å²) in [7, 11) is 0. The molecule has 0 aliphatic carbocycles. The second kappa shape index (κ2) is 5.18. The molecule has 17 heavy (non-hydrogen) atoms. The van der Waals surface area contributed by atoms with Crippen LogP contribution in [0.4, 0.5) is 8.78 Å². The van der Waals surface area contributed by atoms with Crippen molar-refractivity contribution in [3.05, 3.63) is 29.8 Å². The first kappa shape index (κ1) is 11.9. The third-order valence-corrected chi connectivity index (χ3v) is 3.00. The van der Waals surface area contributed by atoms with E-state index in [1.807, 2.05) is 0 Å². The summed E-state index contributed by atoms with van der Waals surface area (Å²) in [6.07, 6.45) is 3.06. The molecule has 0 N–H and O–H groups in total. The average molecular weight is 235 g/mol. The standard InChI is InChI=1S/C12H12BF2NO/c14-9-5-10(15)7-12(6-9)17-11-1-3-13(8-16)4-2-11/h5-7,11H,1-4H2. The van der Waals surface area contributed by atoms with Crippen LogP contribution < -0.4 is 4.74 Å². The molecule has 2 rings (SSSR count). The lowest BCUT2D eigenvalue weighted by Crippen LogP contribution is -2.27. The summed E-state index contributed by atoms with van der Waals surface area (Å²) in [6.45, 7) is 0.0964. The van der Waals surface area contributed by atoms with Gasteiger partial charge in [0.2, 0.25) is 0 Å². The summed E-state index contributed by atoms with van der Waals surface area (Å²) in [5, 5.41) is 8.75. The molecule has 0 bridgehead atoms. The molecule has 1 aliphatic heterocycles. The Labute approximate surface area is 99.3 Å². The zero-order valence-electron chi connectivity index (χ0n) is 9.33. The van der Waals surface area contributed by atoms with Crippen molar-refractivity contribution < 1.29 is 13.5 Å². The van der Waals surface area contributed by atoms with Crippen LogP contribution in [0.5, 0.6) is 5.75 Å². The molecule has 1 heterocycles. The van der Waals surface area contributed by atoms with Gasteiger partial charge in [0.05, 0.1) is 6.10 Å². The van der Waals surface area contributed by atoms with Gasteiger partial charge < -0.3 is 4.74 Å². The van der Waals surface area contributed by atoms with Gasteiger partial charge in [-0.3, -0.25) is 0 Å². The van der Waals surface area contributed by atoms with Crippen LogP contribution in [-0.2, 0) is 0 Å². The third kappa shape index (κ3) is 3.19. The monoisotopic (exact) mass is 235 g/mol. The summed E-state index contributed by atoms with van der Waals surface area (Å²) in [5.74, 6) is 1.19. The molecule has 1 fully saturated rings. The maximum Gasteiger partial charge on any atom is 0.268 e. The predicted octanol–water partition coefficient (Wildman–Crippen LogP) is 3.06. The van der Waals surface area contributed by atoms with Crippen molar-refractivity contribution in [3.63, 3.8) is 0 Å². The molecule has 1 aromatic carbocycles. The number of nitrogens with zero attached hydrogens (tertiary/aromatic N) is 1. The minimum Gasteiger partial charge on any atom is -0.490 e. The Kier molecular flexibility index (Phi) is 3.63. The van der Waals surface area contributed by atoms with E-state index in [1.54, 1.807) is 0 Å². The lowest BCUT2D eigenvalue weighted by Gasteiger charge is -2.24. The Morgan fingerprint density at radius 1 is 1.18 bits per heavy atom. The average Bonchev–Trinajstić information content (AvgIpc) is 2.28. The topological polar surface area (TPSA) is 33.0 Å². The van der Waals surface area contributed by atoms with Crippen LogP contribution in [0.25, 0.3) is 0 Å². The first-order chi connectivity index (χ1) is 8.17. The van der Waals surface area contributed by atoms with Gasteiger partial charge in [-0.2, -0.15) is 0 Å². The highest BCUT2D eigenvalue weighted by Gasteiger charge is 2.25. The summed E-state index contributed by atoms with van der Waals surface area (Å²) in [4.78, 5) is 0. The molecule has 0 aromatic heterocycles. The molecule has 1 aromatic rings. The number of benzene rings is 1. The fourth-order valence-electron chi connectivity index (χ4n) is 2.10. The molecule has 1 aliphatic rings. The van der Waals surface area contributed by atoms with Crippen LogP contribution in [0.1, 0.15) is 12.8 Å². The Bertz CT molecular complexity index is 418. The minimum absolute atomic E-state index is 0.0409. The Balaban J connectivity index is 1.96. The fourth-order valence-corrected chi connectivity index (χ4v) is 2.10. The highest BCUT2D eigenvalue weighted by Crippen LogP contribution is 2.25. The first-order valence-corrected chi connectivity index (χ1v) is 5.70. The normalized spacial score (nSPS) is 16.6. The Hall–Kier alpha value is -1.57. The number of hydrogen-bond acceptors (Lipinski definition) is 2. The van der Waals surface area contributed by atoms with E-state index < -0.39 is 11.6 Å². The number of hydrogen-bond donors (Lipinski definition) is 0. The zero-order chi connectivity index (χ0) is 12.3. The van der Waals surface area contributed by atoms with E-state index in [0.717, 1.165) is 31.5 Å². The molecular formula is C12H12BF2NO. The number of nitriles is 1. The van der Waals surface area contributed by atoms with Crippen molar-refractivity contribution in [2.24, 2.45) is 0 Å². The van der Waals surface area contributed by atoms with Crippen LogP contribution in [0.3, 0.4) is 0 Å². The first-order valence-electron chi connectivity index (χ1n) is 5.70. The summed E-state index contributed by atoms with van der Waals surface area (Å²) < 4.78 is 31.4. The van der Waals surface area contributed by atoms with Crippen molar-refractivity contribution in [1.82, 2.24) is 0 Å². The number of halogens is 2. The van der Waals surface area contributed by atoms with Crippen LogP contribution in [0, 0.1) is 22.9 Å². The van der Waals surface area contributed by atoms with E-state index in [1.165, 1.54) is 12.1 Å². The van der Waals surface area contributed by atoms with Crippen molar-refractivity contribution in [2.45, 2.75) is 31.6 Å². The lowest BCUT2D eigenvalue weighted by atomic mass is 9.42. The molecule has 0 amide bonds. The van der Waals surface area contributed by atoms with Crippen molar-refractivity contribution in [3.8, 4) is 11.7 Å². The second-order valence-corrected chi connectivity index (χ2v) is 4.33. The molecule has 0 atom stereocenters. The minimum atomic E-state index is -0.634. The molecule has 5 heteroatoms. The maximum atomic E-state index is 12.9. The SMILES string of the molecule is N#CB1CCC(Oc2cc(F)cc(F)c2)CC1. The van der Waals surface area contributed by atoms with Crippen molar-refractivity contribution in [1.29, 1.82) is 5.26 Å². The van der Waals surface area contributed by atoms with Gasteiger partial charge in [0.1, 0.15) is 17.4 Å². The van der Waals surface area contributed by atoms with E-state index in [9.17, 15) is 8.78 Å². The van der Waals surface area contributed by atoms with Crippen molar-refractivity contribution >= 4 is 6.71 Å². The largest absolute Gasteiger partial charge is 0.490 e. The molecule has 0 spiro atoms. The number of ether oxygens (including phenoxy) is 1. The summed E-state index contributed by atoms with van der Waals surface area (Å²) in [5.41, 5.74) is 0. The number of rotatable bonds is 2. The van der Waals surface area contributed by atoms with Gasteiger partial charge in [-0.05, 0) is 12.8 Å². The molecular weight excluding hydrogens is 223 g/mol. The van der Waals surface area contributed by atoms with Gasteiger partial charge in [-0.1, -0.05) is 12.6 Å². The van der Waals surface area contributed by atoms with Crippen LogP contribution in [0.15, 0.2) is 18.2 Å². The predicted molar refractivity (Wildman–Crippen MR) is 61.0 cm³/mol. The quantitative estimate of drug-likeness (QED) is 0.738. The highest BCUT2D eigenvalue weighted by molar-refractivity contribution is 6.67. The van der Waals surface area contributed by atoms with Gasteiger partial charge in [0.15, 0.2) is 0 Å². The molecule has 0 saturated carbocycles. The highest BCUT2D eigenvalue weighted by atomic mass is 19.1. The van der Waals surface area contributed by atoms with E-state index in [4.69, 9.17) is 10.00 Å². The molecule has 1 saturated heterocycles. The van der Waals surface area contributed by atoms with E-state index in [-0.39, 0.29) is 18.6 Å². The van der Waals surface area contributed by atoms with Gasteiger partial charge in [0.25, 0.3) is 6.71 Å². The van der Waals surface area contributed by atoms with E-state index >= 15 is 0 Å². The van der Waals surface area contributed by atoms with Gasteiger partial charge in [0, 0.05) is 24.2 Å². The zero-order valence-corrected chi connectivity index (χ0v) is 9.33. The fraction of sp³-hybridized carbons (Fsp3) is 0.417. The van der Waals surface area contributed by atoms with Gasteiger partial charge in [-0.25, -0.2) is 14.0 Å². The van der Waals surface area contributed by atoms with Crippen molar-refractivity contribution in [2.75, 3.05) is 0 Å². The maximum absolute atomic E-state index is 12.9. The van der Waals surface area contributed by atoms with Gasteiger partial charge in [-0.15, -0.1) is 0 Å². The van der Waals surface area contributed by atoms with Crippen LogP contribution in [0.2, 0.25) is 12.6 Å². The molecule has 88 valence electrons. The lowest BCUT2D eigenvalue weighted by molar-refractivity contribution is 0.186. The molecule has 0 radical (unpaired) electrons. The van der Waals surface area contributed by atoms with E-state index in [0.29, 0.717) is 0 Å². The smallest absolute Gasteiger partial charge is 0.268 e. The molecule has 0 unspecified atom stereocenters. The van der Waals surface area contributed by atoms with Crippen LogP contribution >= 0.6 is 0 Å².